The lowest BCUT2D eigenvalue weighted by molar-refractivity contribution is -0.141. The quantitative estimate of drug-likeness (QED) is 0.770. The van der Waals surface area contributed by atoms with Crippen LogP contribution in [0, 0.1) is 11.8 Å². The Labute approximate surface area is 107 Å². The second-order valence-corrected chi connectivity index (χ2v) is 5.18. The van der Waals surface area contributed by atoms with Gasteiger partial charge in [0.2, 0.25) is 0 Å². The van der Waals surface area contributed by atoms with E-state index >= 15 is 0 Å². The first-order valence-electron chi connectivity index (χ1n) is 6.23. The Balaban J connectivity index is 2.51. The highest BCUT2D eigenvalue weighted by molar-refractivity contribution is 5.76. The zero-order chi connectivity index (χ0) is 13.9. The number of rotatable bonds is 3. The fraction of sp³-hybridized carbons (Fsp3) is 0.833. The van der Waals surface area contributed by atoms with Gasteiger partial charge in [0.15, 0.2) is 0 Å². The van der Waals surface area contributed by atoms with Gasteiger partial charge in [-0.3, -0.25) is 4.79 Å². The van der Waals surface area contributed by atoms with Crippen molar-refractivity contribution in [2.75, 3.05) is 26.7 Å². The fourth-order valence-electron chi connectivity index (χ4n) is 2.03. The molecule has 2 amide bonds. The molecule has 1 rings (SSSR count). The third-order valence-corrected chi connectivity index (χ3v) is 3.49. The summed E-state index contributed by atoms with van der Waals surface area (Å²) in [5, 5.41) is 18.6. The maximum absolute atomic E-state index is 12.1. The van der Waals surface area contributed by atoms with E-state index in [1.54, 1.807) is 18.9 Å². The summed E-state index contributed by atoms with van der Waals surface area (Å²) in [5.41, 5.74) is 0. The number of likely N-dealkylation sites (tertiary alicyclic amines) is 1. The van der Waals surface area contributed by atoms with E-state index < -0.39 is 18.0 Å². The second-order valence-electron chi connectivity index (χ2n) is 5.18. The number of amides is 2. The summed E-state index contributed by atoms with van der Waals surface area (Å²) in [6, 6.07) is -0.214. The highest BCUT2D eigenvalue weighted by atomic mass is 16.4. The number of carbonyl (C=O) groups excluding carboxylic acids is 1. The standard InChI is InChI=1S/C12H22N2O4/c1-8-4-5-14(7-10(8)15)12(18)13(3)6-9(2)11(16)17/h8-10,15H,4-7H2,1-3H3,(H,16,17). The minimum atomic E-state index is -0.915. The number of aliphatic hydroxyl groups is 1. The van der Waals surface area contributed by atoms with E-state index in [-0.39, 0.29) is 18.5 Å². The van der Waals surface area contributed by atoms with Crippen molar-refractivity contribution in [3.63, 3.8) is 0 Å². The van der Waals surface area contributed by atoms with Crippen molar-refractivity contribution < 1.29 is 19.8 Å². The van der Waals surface area contributed by atoms with E-state index in [0.717, 1.165) is 6.42 Å². The van der Waals surface area contributed by atoms with Crippen LogP contribution in [0.5, 0.6) is 0 Å². The minimum absolute atomic E-state index is 0.177. The molecule has 3 atom stereocenters. The Morgan fingerprint density at radius 1 is 1.50 bits per heavy atom. The molecular formula is C12H22N2O4. The van der Waals surface area contributed by atoms with Gasteiger partial charge in [-0.1, -0.05) is 13.8 Å². The van der Waals surface area contributed by atoms with E-state index in [9.17, 15) is 14.7 Å². The molecule has 1 saturated heterocycles. The molecule has 0 aromatic carbocycles. The summed E-state index contributed by atoms with van der Waals surface area (Å²) >= 11 is 0. The summed E-state index contributed by atoms with van der Waals surface area (Å²) in [7, 11) is 1.59. The van der Waals surface area contributed by atoms with Gasteiger partial charge in [0.05, 0.1) is 12.0 Å². The highest BCUT2D eigenvalue weighted by Gasteiger charge is 2.29. The van der Waals surface area contributed by atoms with Crippen molar-refractivity contribution in [3.8, 4) is 0 Å². The first-order valence-corrected chi connectivity index (χ1v) is 6.23. The predicted octanol–water partition coefficient (Wildman–Crippen LogP) is 0.462. The molecule has 0 aliphatic carbocycles. The summed E-state index contributed by atoms with van der Waals surface area (Å²) in [6.45, 7) is 4.65. The number of urea groups is 1. The molecule has 0 aromatic rings. The largest absolute Gasteiger partial charge is 0.481 e. The average Bonchev–Trinajstić information content (AvgIpc) is 2.31. The molecule has 104 valence electrons. The van der Waals surface area contributed by atoms with E-state index in [1.165, 1.54) is 4.90 Å². The molecule has 1 aliphatic rings. The van der Waals surface area contributed by atoms with Crippen molar-refractivity contribution in [3.05, 3.63) is 0 Å². The van der Waals surface area contributed by atoms with Crippen LogP contribution in [0.25, 0.3) is 0 Å². The SMILES string of the molecule is CC(CN(C)C(=O)N1CCC(C)C(O)C1)C(=O)O. The van der Waals surface area contributed by atoms with Crippen LogP contribution < -0.4 is 0 Å². The number of aliphatic carboxylic acids is 1. The van der Waals surface area contributed by atoms with E-state index in [4.69, 9.17) is 5.11 Å². The summed E-state index contributed by atoms with van der Waals surface area (Å²) < 4.78 is 0. The zero-order valence-corrected chi connectivity index (χ0v) is 11.2. The Morgan fingerprint density at radius 3 is 2.61 bits per heavy atom. The van der Waals surface area contributed by atoms with Crippen molar-refractivity contribution >= 4 is 12.0 Å². The second kappa shape index (κ2) is 6.04. The van der Waals surface area contributed by atoms with Crippen LogP contribution in [0.4, 0.5) is 4.79 Å². The molecule has 3 unspecified atom stereocenters. The molecule has 0 radical (unpaired) electrons. The van der Waals surface area contributed by atoms with Gasteiger partial charge in [0, 0.05) is 26.7 Å². The van der Waals surface area contributed by atoms with Gasteiger partial charge < -0.3 is 20.0 Å². The van der Waals surface area contributed by atoms with Crippen LogP contribution in [0.3, 0.4) is 0 Å². The molecule has 18 heavy (non-hydrogen) atoms. The molecule has 0 aromatic heterocycles. The molecule has 0 spiro atoms. The van der Waals surface area contributed by atoms with Gasteiger partial charge in [-0.05, 0) is 12.3 Å². The first-order chi connectivity index (χ1) is 8.32. The van der Waals surface area contributed by atoms with Crippen LogP contribution >= 0.6 is 0 Å². The number of aliphatic hydroxyl groups excluding tert-OH is 1. The van der Waals surface area contributed by atoms with Gasteiger partial charge in [0.1, 0.15) is 0 Å². The molecule has 0 bridgehead atoms. The fourth-order valence-corrected chi connectivity index (χ4v) is 2.03. The Morgan fingerprint density at radius 2 is 2.11 bits per heavy atom. The molecule has 6 heteroatoms. The van der Waals surface area contributed by atoms with Crippen LogP contribution in [0.15, 0.2) is 0 Å². The van der Waals surface area contributed by atoms with Crippen LogP contribution in [-0.2, 0) is 4.79 Å². The number of carboxylic acid groups (broad SMARTS) is 1. The predicted molar refractivity (Wildman–Crippen MR) is 66.2 cm³/mol. The zero-order valence-electron chi connectivity index (χ0n) is 11.2. The molecular weight excluding hydrogens is 236 g/mol. The van der Waals surface area contributed by atoms with E-state index in [2.05, 4.69) is 0 Å². The Hall–Kier alpha value is -1.30. The van der Waals surface area contributed by atoms with Crippen molar-refractivity contribution in [1.82, 2.24) is 9.80 Å². The number of nitrogens with zero attached hydrogens (tertiary/aromatic N) is 2. The lowest BCUT2D eigenvalue weighted by Gasteiger charge is -2.36. The maximum Gasteiger partial charge on any atom is 0.319 e. The van der Waals surface area contributed by atoms with Crippen molar-refractivity contribution in [1.29, 1.82) is 0 Å². The summed E-state index contributed by atoms with van der Waals surface area (Å²) in [5.74, 6) is -1.30. The smallest absolute Gasteiger partial charge is 0.319 e. The first kappa shape index (κ1) is 14.8. The Kier molecular flexibility index (Phi) is 4.95. The molecule has 0 saturated carbocycles. The van der Waals surface area contributed by atoms with Gasteiger partial charge in [-0.15, -0.1) is 0 Å². The van der Waals surface area contributed by atoms with Crippen LogP contribution in [0.2, 0.25) is 0 Å². The normalized spacial score (nSPS) is 25.7. The van der Waals surface area contributed by atoms with Gasteiger partial charge in [-0.25, -0.2) is 4.79 Å². The molecule has 1 aliphatic heterocycles. The monoisotopic (exact) mass is 258 g/mol. The molecule has 1 fully saturated rings. The number of hydrogen-bond acceptors (Lipinski definition) is 3. The van der Waals surface area contributed by atoms with Crippen molar-refractivity contribution in [2.45, 2.75) is 26.4 Å². The molecule has 1 heterocycles. The summed E-state index contributed by atoms with van der Waals surface area (Å²) in [6.07, 6.45) is 0.280. The topological polar surface area (TPSA) is 81.1 Å². The van der Waals surface area contributed by atoms with E-state index in [1.807, 2.05) is 6.92 Å². The Bertz CT molecular complexity index is 321. The van der Waals surface area contributed by atoms with Gasteiger partial charge in [0.25, 0.3) is 0 Å². The van der Waals surface area contributed by atoms with Gasteiger partial charge in [-0.2, -0.15) is 0 Å². The van der Waals surface area contributed by atoms with Gasteiger partial charge >= 0.3 is 12.0 Å². The lowest BCUT2D eigenvalue weighted by atomic mass is 9.96. The highest BCUT2D eigenvalue weighted by Crippen LogP contribution is 2.18. The number of hydrogen-bond donors (Lipinski definition) is 2. The van der Waals surface area contributed by atoms with Crippen LogP contribution in [-0.4, -0.2) is 64.8 Å². The number of carboxylic acids is 1. The lowest BCUT2D eigenvalue weighted by Crippen LogP contribution is -2.51. The average molecular weight is 258 g/mol. The minimum Gasteiger partial charge on any atom is -0.481 e. The number of piperidine rings is 1. The number of β-amino-alcohol motifs (C(OH)–C–C–N with tert-alkyl or cyclic N) is 1. The summed E-state index contributed by atoms with van der Waals surface area (Å²) in [4.78, 5) is 25.8. The van der Waals surface area contributed by atoms with Crippen LogP contribution in [0.1, 0.15) is 20.3 Å². The maximum atomic E-state index is 12.1. The van der Waals surface area contributed by atoms with Crippen molar-refractivity contribution in [2.24, 2.45) is 11.8 Å². The molecule has 6 nitrogen and oxygen atoms in total. The van der Waals surface area contributed by atoms with E-state index in [0.29, 0.717) is 13.1 Å². The third kappa shape index (κ3) is 3.60. The third-order valence-electron chi connectivity index (χ3n) is 3.49. The molecule has 2 N–H and O–H groups in total. The number of carbonyl (C=O) groups is 2.